The molecule has 4 aromatic rings. The third-order valence-corrected chi connectivity index (χ3v) is 5.83. The lowest BCUT2D eigenvalue weighted by Gasteiger charge is -2.28. The van der Waals surface area contributed by atoms with Crippen LogP contribution in [0.4, 0.5) is 0 Å². The number of hydrogen-bond acceptors (Lipinski definition) is 7. The Kier molecular flexibility index (Phi) is 6.50. The van der Waals surface area contributed by atoms with Gasteiger partial charge >= 0.3 is 0 Å². The van der Waals surface area contributed by atoms with Crippen molar-refractivity contribution >= 4 is 22.6 Å². The first-order valence-corrected chi connectivity index (χ1v) is 11.2. The number of aliphatic hydroxyl groups is 1. The van der Waals surface area contributed by atoms with Gasteiger partial charge in [0.25, 0.3) is 0 Å². The molecule has 1 aromatic carbocycles. The van der Waals surface area contributed by atoms with Gasteiger partial charge in [-0.05, 0) is 35.9 Å². The lowest BCUT2D eigenvalue weighted by molar-refractivity contribution is 0.00466. The average molecular weight is 466 g/mol. The number of H-pyrrole nitrogens is 1. The molecule has 1 unspecified atom stereocenters. The first kappa shape index (κ1) is 21.8. The highest BCUT2D eigenvalue weighted by Crippen LogP contribution is 2.38. The molecule has 170 valence electrons. The molecule has 9 heteroatoms. The van der Waals surface area contributed by atoms with Gasteiger partial charge in [-0.2, -0.15) is 0 Å². The van der Waals surface area contributed by atoms with E-state index >= 15 is 0 Å². The van der Waals surface area contributed by atoms with Crippen molar-refractivity contribution in [2.45, 2.75) is 6.10 Å². The van der Waals surface area contributed by atoms with Gasteiger partial charge in [0.05, 0.1) is 23.9 Å². The molecule has 0 aliphatic carbocycles. The van der Waals surface area contributed by atoms with Crippen LogP contribution < -0.4 is 4.74 Å². The Morgan fingerprint density at radius 2 is 1.85 bits per heavy atom. The number of hydrogen-bond donors (Lipinski definition) is 2. The predicted octanol–water partition coefficient (Wildman–Crippen LogP) is 3.41. The number of ether oxygens (including phenoxy) is 2. The second-order valence-electron chi connectivity index (χ2n) is 7.95. The largest absolute Gasteiger partial charge is 0.491 e. The lowest BCUT2D eigenvalue weighted by Crippen LogP contribution is -2.42. The standard InChI is InChI=1S/C24H24ClN5O3/c25-18-9-21-22(17-10-26-15-27-11-17)23(29-24(21)28-12-18)16-1-3-20(4-2-16)33-14-19(31)13-30-5-7-32-8-6-30/h1-4,9-12,15,19,31H,5-8,13-14H2,(H,28,29). The van der Waals surface area contributed by atoms with E-state index in [1.54, 1.807) is 18.6 Å². The third-order valence-electron chi connectivity index (χ3n) is 5.62. The van der Waals surface area contributed by atoms with Crippen LogP contribution in [-0.2, 0) is 4.74 Å². The number of halogens is 1. The zero-order valence-corrected chi connectivity index (χ0v) is 18.7. The van der Waals surface area contributed by atoms with Crippen LogP contribution in [-0.4, -0.2) is 75.5 Å². The molecule has 1 aliphatic heterocycles. The van der Waals surface area contributed by atoms with Gasteiger partial charge in [0.15, 0.2) is 0 Å². The van der Waals surface area contributed by atoms with E-state index in [-0.39, 0.29) is 6.61 Å². The van der Waals surface area contributed by atoms with E-state index < -0.39 is 6.10 Å². The van der Waals surface area contributed by atoms with Crippen molar-refractivity contribution in [1.82, 2.24) is 24.8 Å². The van der Waals surface area contributed by atoms with Gasteiger partial charge in [-0.1, -0.05) is 11.6 Å². The second kappa shape index (κ2) is 9.84. The minimum absolute atomic E-state index is 0.234. The zero-order chi connectivity index (χ0) is 22.6. The monoisotopic (exact) mass is 465 g/mol. The molecule has 0 radical (unpaired) electrons. The Bertz CT molecular complexity index is 1210. The molecule has 8 nitrogen and oxygen atoms in total. The summed E-state index contributed by atoms with van der Waals surface area (Å²) in [6, 6.07) is 9.63. The van der Waals surface area contributed by atoms with E-state index in [0.717, 1.165) is 46.5 Å². The quantitative estimate of drug-likeness (QED) is 0.431. The second-order valence-corrected chi connectivity index (χ2v) is 8.39. The molecule has 0 spiro atoms. The lowest BCUT2D eigenvalue weighted by atomic mass is 10.0. The summed E-state index contributed by atoms with van der Waals surface area (Å²) in [7, 11) is 0. The first-order valence-electron chi connectivity index (χ1n) is 10.8. The van der Waals surface area contributed by atoms with Gasteiger partial charge in [-0.25, -0.2) is 15.0 Å². The number of nitrogens with one attached hydrogen (secondary N) is 1. The van der Waals surface area contributed by atoms with Gasteiger partial charge in [0, 0.05) is 54.7 Å². The van der Waals surface area contributed by atoms with Crippen LogP contribution in [0.5, 0.6) is 5.75 Å². The van der Waals surface area contributed by atoms with Gasteiger partial charge in [-0.15, -0.1) is 0 Å². The van der Waals surface area contributed by atoms with Gasteiger partial charge in [-0.3, -0.25) is 4.90 Å². The summed E-state index contributed by atoms with van der Waals surface area (Å²) in [5.74, 6) is 0.696. The van der Waals surface area contributed by atoms with Crippen molar-refractivity contribution in [2.75, 3.05) is 39.5 Å². The number of morpholine rings is 1. The van der Waals surface area contributed by atoms with Crippen LogP contribution in [0, 0.1) is 0 Å². The molecule has 1 fully saturated rings. The Morgan fingerprint density at radius 3 is 2.61 bits per heavy atom. The number of pyridine rings is 1. The van der Waals surface area contributed by atoms with Crippen molar-refractivity contribution in [1.29, 1.82) is 0 Å². The normalized spacial score (nSPS) is 15.6. The van der Waals surface area contributed by atoms with Crippen LogP contribution >= 0.6 is 11.6 Å². The summed E-state index contributed by atoms with van der Waals surface area (Å²) in [4.78, 5) is 18.4. The molecule has 0 saturated carbocycles. The molecule has 2 N–H and O–H groups in total. The van der Waals surface area contributed by atoms with Crippen molar-refractivity contribution in [2.24, 2.45) is 0 Å². The number of fused-ring (bicyclic) bond motifs is 1. The molecule has 5 rings (SSSR count). The van der Waals surface area contributed by atoms with Crippen LogP contribution in [0.25, 0.3) is 33.4 Å². The fourth-order valence-corrected chi connectivity index (χ4v) is 4.19. The van der Waals surface area contributed by atoms with Crippen molar-refractivity contribution in [3.8, 4) is 28.1 Å². The topological polar surface area (TPSA) is 96.4 Å². The van der Waals surface area contributed by atoms with Gasteiger partial charge < -0.3 is 19.6 Å². The highest BCUT2D eigenvalue weighted by Gasteiger charge is 2.18. The highest BCUT2D eigenvalue weighted by atomic mass is 35.5. The summed E-state index contributed by atoms with van der Waals surface area (Å²) >= 11 is 6.22. The van der Waals surface area contributed by atoms with Crippen LogP contribution in [0.15, 0.2) is 55.2 Å². The molecular formula is C24H24ClN5O3. The van der Waals surface area contributed by atoms with Crippen molar-refractivity contribution in [3.63, 3.8) is 0 Å². The van der Waals surface area contributed by atoms with Crippen LogP contribution in [0.2, 0.25) is 5.02 Å². The van der Waals surface area contributed by atoms with Crippen molar-refractivity contribution in [3.05, 3.63) is 60.3 Å². The van der Waals surface area contributed by atoms with Gasteiger partial charge in [0.2, 0.25) is 0 Å². The summed E-state index contributed by atoms with van der Waals surface area (Å²) < 4.78 is 11.2. The number of rotatable bonds is 7. The highest BCUT2D eigenvalue weighted by molar-refractivity contribution is 6.31. The molecule has 3 aromatic heterocycles. The maximum absolute atomic E-state index is 10.3. The third kappa shape index (κ3) is 4.99. The van der Waals surface area contributed by atoms with E-state index in [0.29, 0.717) is 30.5 Å². The number of benzene rings is 1. The number of aliphatic hydroxyl groups excluding tert-OH is 1. The minimum atomic E-state index is -0.558. The molecule has 1 saturated heterocycles. The number of β-amino-alcohol motifs (C(OH)–C–C–N with tert-alkyl or cyclic N) is 1. The smallest absolute Gasteiger partial charge is 0.138 e. The molecule has 1 atom stereocenters. The first-order chi connectivity index (χ1) is 16.2. The Balaban J connectivity index is 1.35. The molecule has 0 bridgehead atoms. The Morgan fingerprint density at radius 1 is 1.09 bits per heavy atom. The molecule has 0 amide bonds. The number of aromatic nitrogens is 4. The summed E-state index contributed by atoms with van der Waals surface area (Å²) in [6.45, 7) is 3.91. The molecular weight excluding hydrogens is 442 g/mol. The summed E-state index contributed by atoms with van der Waals surface area (Å²) in [5, 5.41) is 11.8. The molecule has 33 heavy (non-hydrogen) atoms. The van der Waals surface area contributed by atoms with Gasteiger partial charge in [0.1, 0.15) is 30.4 Å². The molecule has 1 aliphatic rings. The van der Waals surface area contributed by atoms with E-state index in [2.05, 4.69) is 24.8 Å². The fourth-order valence-electron chi connectivity index (χ4n) is 4.03. The average Bonchev–Trinajstić information content (AvgIpc) is 3.23. The van der Waals surface area contributed by atoms with Crippen LogP contribution in [0.1, 0.15) is 0 Å². The molecule has 4 heterocycles. The summed E-state index contributed by atoms with van der Waals surface area (Å²) in [6.07, 6.45) is 6.11. The maximum atomic E-state index is 10.3. The number of aromatic amines is 1. The maximum Gasteiger partial charge on any atom is 0.138 e. The predicted molar refractivity (Wildman–Crippen MR) is 126 cm³/mol. The number of nitrogens with zero attached hydrogens (tertiary/aromatic N) is 4. The zero-order valence-electron chi connectivity index (χ0n) is 17.9. The van der Waals surface area contributed by atoms with E-state index in [4.69, 9.17) is 21.1 Å². The Labute approximate surface area is 196 Å². The van der Waals surface area contributed by atoms with E-state index in [1.807, 2.05) is 30.3 Å². The van der Waals surface area contributed by atoms with E-state index in [9.17, 15) is 5.11 Å². The van der Waals surface area contributed by atoms with Crippen molar-refractivity contribution < 1.29 is 14.6 Å². The Hall–Kier alpha value is -3.04. The van der Waals surface area contributed by atoms with E-state index in [1.165, 1.54) is 6.33 Å². The van der Waals surface area contributed by atoms with Crippen LogP contribution in [0.3, 0.4) is 0 Å². The minimum Gasteiger partial charge on any atom is -0.491 e. The summed E-state index contributed by atoms with van der Waals surface area (Å²) in [5.41, 5.74) is 4.40. The SMILES string of the molecule is OC(COc1ccc(-c2[nH]c3ncc(Cl)cc3c2-c2cncnc2)cc1)CN1CCOCC1. The fraction of sp³-hybridized carbons (Fsp3) is 0.292.